The molecule has 0 atom stereocenters. The van der Waals surface area contributed by atoms with Gasteiger partial charge in [0.1, 0.15) is 17.0 Å². The topological polar surface area (TPSA) is 68.4 Å². The van der Waals surface area contributed by atoms with Gasteiger partial charge in [0, 0.05) is 31.6 Å². The number of benzene rings is 1. The first-order chi connectivity index (χ1) is 13.7. The van der Waals surface area contributed by atoms with Gasteiger partial charge in [-0.15, -0.1) is 0 Å². The van der Waals surface area contributed by atoms with Crippen LogP contribution in [-0.2, 0) is 0 Å². The van der Waals surface area contributed by atoms with Crippen molar-refractivity contribution in [1.82, 2.24) is 9.38 Å². The maximum atomic E-state index is 13.2. The molecule has 0 radical (unpaired) electrons. The number of fused-ring (bicyclic) bond motifs is 2. The summed E-state index contributed by atoms with van der Waals surface area (Å²) < 4.78 is 12.3. The number of pyridine rings is 1. The zero-order chi connectivity index (χ0) is 19.1. The molecule has 0 amide bonds. The van der Waals surface area contributed by atoms with Crippen molar-refractivity contribution in [3.8, 4) is 11.5 Å². The number of aryl methyl sites for hydroxylation is 1. The molecule has 0 aliphatic carbocycles. The van der Waals surface area contributed by atoms with Crippen molar-refractivity contribution in [2.75, 3.05) is 24.8 Å². The molecule has 2 aromatic heterocycles. The minimum atomic E-state index is -0.111. The van der Waals surface area contributed by atoms with E-state index < -0.39 is 0 Å². The molecule has 3 aromatic rings. The Bertz CT molecular complexity index is 1150. The molecule has 0 bridgehead atoms. The van der Waals surface area contributed by atoms with Gasteiger partial charge >= 0.3 is 0 Å². The zero-order valence-electron chi connectivity index (χ0n) is 15.6. The fourth-order valence-corrected chi connectivity index (χ4v) is 3.69. The van der Waals surface area contributed by atoms with Crippen LogP contribution in [0.2, 0.25) is 0 Å². The minimum absolute atomic E-state index is 0.111. The lowest BCUT2D eigenvalue weighted by Crippen LogP contribution is -2.28. The number of anilines is 1. The van der Waals surface area contributed by atoms with Gasteiger partial charge in [0.25, 0.3) is 5.56 Å². The van der Waals surface area contributed by atoms with Crippen LogP contribution < -0.4 is 19.9 Å². The van der Waals surface area contributed by atoms with Crippen LogP contribution >= 0.6 is 0 Å². The van der Waals surface area contributed by atoms with Crippen LogP contribution in [-0.4, -0.2) is 35.5 Å². The van der Waals surface area contributed by atoms with Gasteiger partial charge in [-0.25, -0.2) is 4.98 Å². The van der Waals surface area contributed by atoms with E-state index in [2.05, 4.69) is 9.89 Å². The summed E-state index contributed by atoms with van der Waals surface area (Å²) in [6.07, 6.45) is 5.58. The van der Waals surface area contributed by atoms with Gasteiger partial charge in [0.2, 0.25) is 6.79 Å². The van der Waals surface area contributed by atoms with E-state index in [9.17, 15) is 4.79 Å². The maximum absolute atomic E-state index is 13.2. The van der Waals surface area contributed by atoms with Crippen LogP contribution in [0.3, 0.4) is 0 Å². The predicted molar refractivity (Wildman–Crippen MR) is 107 cm³/mol. The molecule has 0 spiro atoms. The monoisotopic (exact) mass is 376 g/mol. The number of aromatic nitrogens is 2. The minimum Gasteiger partial charge on any atom is -0.454 e. The molecule has 0 N–H and O–H groups in total. The van der Waals surface area contributed by atoms with Gasteiger partial charge in [0.15, 0.2) is 11.5 Å². The Hall–Kier alpha value is -3.35. The Morgan fingerprint density at radius 3 is 2.82 bits per heavy atom. The standard InChI is InChI=1S/C21H20N4O3/c1-14-5-4-10-25-19(14)23-20(24-8-2-3-9-24)16(21(25)26)12-22-15-6-7-17-18(11-15)28-13-27-17/h4-7,10-12H,2-3,8-9,13H2,1H3. The molecule has 7 heteroatoms. The van der Waals surface area contributed by atoms with E-state index in [-0.39, 0.29) is 12.4 Å². The van der Waals surface area contributed by atoms with Crippen LogP contribution in [0.1, 0.15) is 24.0 Å². The Labute approximate surface area is 161 Å². The first-order valence-corrected chi connectivity index (χ1v) is 9.41. The lowest BCUT2D eigenvalue weighted by molar-refractivity contribution is 0.174. The fourth-order valence-electron chi connectivity index (χ4n) is 3.69. The molecule has 1 fully saturated rings. The highest BCUT2D eigenvalue weighted by atomic mass is 16.7. The summed E-state index contributed by atoms with van der Waals surface area (Å²) in [6, 6.07) is 9.31. The Morgan fingerprint density at radius 1 is 1.14 bits per heavy atom. The van der Waals surface area contributed by atoms with Crippen molar-refractivity contribution < 1.29 is 9.47 Å². The number of hydrogen-bond acceptors (Lipinski definition) is 6. The Morgan fingerprint density at radius 2 is 1.96 bits per heavy atom. The highest BCUT2D eigenvalue weighted by Gasteiger charge is 2.21. The molecule has 1 saturated heterocycles. The number of nitrogens with zero attached hydrogens (tertiary/aromatic N) is 4. The summed E-state index contributed by atoms with van der Waals surface area (Å²) in [5, 5.41) is 0. The van der Waals surface area contributed by atoms with Gasteiger partial charge in [-0.1, -0.05) is 6.07 Å². The summed E-state index contributed by atoms with van der Waals surface area (Å²) in [4.78, 5) is 24.8. The van der Waals surface area contributed by atoms with Crippen LogP contribution in [0.5, 0.6) is 11.5 Å². The van der Waals surface area contributed by atoms with Crippen molar-refractivity contribution in [3.63, 3.8) is 0 Å². The summed E-state index contributed by atoms with van der Waals surface area (Å²) in [6.45, 7) is 3.99. The third-order valence-electron chi connectivity index (χ3n) is 5.17. The highest BCUT2D eigenvalue weighted by molar-refractivity contribution is 5.88. The van der Waals surface area contributed by atoms with Crippen molar-refractivity contribution in [2.24, 2.45) is 4.99 Å². The summed E-state index contributed by atoms with van der Waals surface area (Å²) in [7, 11) is 0. The molecular weight excluding hydrogens is 356 g/mol. The van der Waals surface area contributed by atoms with E-state index in [0.717, 1.165) is 31.5 Å². The molecule has 4 heterocycles. The third-order valence-corrected chi connectivity index (χ3v) is 5.17. The quantitative estimate of drug-likeness (QED) is 0.657. The molecule has 1 aromatic carbocycles. The van der Waals surface area contributed by atoms with Crippen molar-refractivity contribution >= 4 is 23.4 Å². The van der Waals surface area contributed by atoms with Crippen molar-refractivity contribution in [3.05, 3.63) is 58.0 Å². The van der Waals surface area contributed by atoms with E-state index in [0.29, 0.717) is 34.2 Å². The van der Waals surface area contributed by atoms with E-state index in [1.807, 2.05) is 37.3 Å². The third kappa shape index (κ3) is 2.79. The Kier molecular flexibility index (Phi) is 4.00. The summed E-state index contributed by atoms with van der Waals surface area (Å²) in [5.41, 5.74) is 2.75. The SMILES string of the molecule is Cc1cccn2c(=O)c(C=Nc3ccc4c(c3)OCO4)c(N3CCCC3)nc12. The van der Waals surface area contributed by atoms with E-state index in [4.69, 9.17) is 14.5 Å². The van der Waals surface area contributed by atoms with Gasteiger partial charge in [0.05, 0.1) is 5.69 Å². The van der Waals surface area contributed by atoms with E-state index in [1.54, 1.807) is 16.8 Å². The molecule has 0 saturated carbocycles. The van der Waals surface area contributed by atoms with Gasteiger partial charge in [-0.3, -0.25) is 14.2 Å². The second kappa shape index (κ2) is 6.67. The zero-order valence-corrected chi connectivity index (χ0v) is 15.6. The van der Waals surface area contributed by atoms with Crippen molar-refractivity contribution in [1.29, 1.82) is 0 Å². The van der Waals surface area contributed by atoms with Gasteiger partial charge in [-0.05, 0) is 43.5 Å². The van der Waals surface area contributed by atoms with Crippen LogP contribution in [0.15, 0.2) is 46.3 Å². The first-order valence-electron chi connectivity index (χ1n) is 9.41. The largest absolute Gasteiger partial charge is 0.454 e. The van der Waals surface area contributed by atoms with Crippen LogP contribution in [0.25, 0.3) is 5.65 Å². The van der Waals surface area contributed by atoms with E-state index >= 15 is 0 Å². The van der Waals surface area contributed by atoms with Gasteiger partial charge in [-0.2, -0.15) is 0 Å². The molecule has 28 heavy (non-hydrogen) atoms. The lowest BCUT2D eigenvalue weighted by Gasteiger charge is -2.19. The molecule has 5 rings (SSSR count). The van der Waals surface area contributed by atoms with Crippen molar-refractivity contribution in [2.45, 2.75) is 19.8 Å². The molecular formula is C21H20N4O3. The summed E-state index contributed by atoms with van der Waals surface area (Å²) >= 11 is 0. The molecule has 7 nitrogen and oxygen atoms in total. The number of ether oxygens (including phenoxy) is 2. The fraction of sp³-hybridized carbons (Fsp3) is 0.286. The molecule has 0 unspecified atom stereocenters. The number of rotatable bonds is 3. The number of aliphatic imine (C=N–C) groups is 1. The maximum Gasteiger partial charge on any atom is 0.268 e. The van der Waals surface area contributed by atoms with E-state index in [1.165, 1.54) is 0 Å². The van der Waals surface area contributed by atoms with Gasteiger partial charge < -0.3 is 14.4 Å². The lowest BCUT2D eigenvalue weighted by atomic mass is 10.2. The first kappa shape index (κ1) is 16.8. The molecule has 2 aliphatic rings. The van der Waals surface area contributed by atoms with Crippen LogP contribution in [0.4, 0.5) is 11.5 Å². The highest BCUT2D eigenvalue weighted by Crippen LogP contribution is 2.35. The molecule has 142 valence electrons. The number of hydrogen-bond donors (Lipinski definition) is 0. The van der Waals surface area contributed by atoms with Crippen LogP contribution in [0, 0.1) is 6.92 Å². The average molecular weight is 376 g/mol. The molecule has 2 aliphatic heterocycles. The average Bonchev–Trinajstić information content (AvgIpc) is 3.39. The summed E-state index contributed by atoms with van der Waals surface area (Å²) in [5.74, 6) is 2.08. The second-order valence-corrected chi connectivity index (χ2v) is 7.03. The Balaban J connectivity index is 1.63. The predicted octanol–water partition coefficient (Wildman–Crippen LogP) is 3.08. The normalized spacial score (nSPS) is 15.8. The second-order valence-electron chi connectivity index (χ2n) is 7.03. The smallest absolute Gasteiger partial charge is 0.268 e.